The highest BCUT2D eigenvalue weighted by Gasteiger charge is 2.33. The van der Waals surface area contributed by atoms with E-state index in [1.807, 2.05) is 18.2 Å². The van der Waals surface area contributed by atoms with Crippen LogP contribution in [0.4, 0.5) is 5.69 Å². The number of nitrogens with one attached hydrogen (secondary N) is 1. The number of rotatable bonds is 3. The van der Waals surface area contributed by atoms with Gasteiger partial charge in [0.1, 0.15) is 5.75 Å². The van der Waals surface area contributed by atoms with Crippen LogP contribution in [-0.4, -0.2) is 23.9 Å². The molecule has 0 saturated carbocycles. The molecule has 25 heavy (non-hydrogen) atoms. The van der Waals surface area contributed by atoms with Crippen molar-refractivity contribution in [3.8, 4) is 5.75 Å². The van der Waals surface area contributed by atoms with Gasteiger partial charge in [-0.15, -0.1) is 0 Å². The number of methoxy groups -OCH3 is 1. The molecule has 0 fully saturated rings. The Morgan fingerprint density at radius 1 is 0.960 bits per heavy atom. The summed E-state index contributed by atoms with van der Waals surface area (Å²) < 4.78 is 5.91. The Morgan fingerprint density at radius 3 is 2.40 bits per heavy atom. The van der Waals surface area contributed by atoms with Crippen LogP contribution in [0.25, 0.3) is 10.8 Å². The first kappa shape index (κ1) is 15.7. The molecule has 1 N–H and O–H groups in total. The third-order valence-electron chi connectivity index (χ3n) is 4.14. The summed E-state index contributed by atoms with van der Waals surface area (Å²) in [7, 11) is 1.58. The largest absolute Gasteiger partial charge is 0.497 e. The zero-order valence-corrected chi connectivity index (χ0v) is 14.8. The monoisotopic (exact) mass is 396 g/mol. The quantitative estimate of drug-likeness (QED) is 0.672. The van der Waals surface area contributed by atoms with Gasteiger partial charge >= 0.3 is 0 Å². The van der Waals surface area contributed by atoms with Gasteiger partial charge in [0.25, 0.3) is 11.8 Å². The Hall–Kier alpha value is -2.86. The molecule has 1 heterocycles. The van der Waals surface area contributed by atoms with Crippen molar-refractivity contribution >= 4 is 44.2 Å². The van der Waals surface area contributed by atoms with E-state index in [1.165, 1.54) is 0 Å². The Morgan fingerprint density at radius 2 is 1.68 bits per heavy atom. The molecule has 2 amide bonds. The number of hydrogen-bond donors (Lipinski definition) is 1. The van der Waals surface area contributed by atoms with Crippen molar-refractivity contribution in [2.45, 2.75) is 0 Å². The summed E-state index contributed by atoms with van der Waals surface area (Å²) in [5.74, 6) is -0.0621. The van der Waals surface area contributed by atoms with E-state index in [0.717, 1.165) is 14.9 Å². The minimum atomic E-state index is -0.384. The smallest absolute Gasteiger partial charge is 0.280 e. The first-order valence-electron chi connectivity index (χ1n) is 7.60. The van der Waals surface area contributed by atoms with Crippen molar-refractivity contribution < 1.29 is 14.3 Å². The number of hydrazine groups is 1. The Bertz CT molecular complexity index is 1020. The fourth-order valence-electron chi connectivity index (χ4n) is 2.97. The summed E-state index contributed by atoms with van der Waals surface area (Å²) in [5.41, 5.74) is 4.50. The molecule has 0 aliphatic carbocycles. The number of imide groups is 1. The van der Waals surface area contributed by atoms with Crippen LogP contribution >= 0.6 is 15.9 Å². The summed E-state index contributed by atoms with van der Waals surface area (Å²) in [4.78, 5) is 25.7. The summed E-state index contributed by atoms with van der Waals surface area (Å²) in [6.07, 6.45) is 0. The minimum Gasteiger partial charge on any atom is -0.497 e. The van der Waals surface area contributed by atoms with Gasteiger partial charge in [-0.2, -0.15) is 5.01 Å². The molecule has 0 spiro atoms. The molecule has 124 valence electrons. The molecular formula is C19H13BrN2O3. The summed E-state index contributed by atoms with van der Waals surface area (Å²) in [6, 6.07) is 16.1. The molecule has 0 unspecified atom stereocenters. The molecule has 1 aliphatic rings. The molecule has 3 aromatic carbocycles. The summed E-state index contributed by atoms with van der Waals surface area (Å²) in [6.45, 7) is 0. The van der Waals surface area contributed by atoms with Crippen molar-refractivity contribution in [1.29, 1.82) is 0 Å². The van der Waals surface area contributed by atoms with Crippen LogP contribution in [0.2, 0.25) is 0 Å². The first-order chi connectivity index (χ1) is 12.1. The van der Waals surface area contributed by atoms with Crippen LogP contribution in [0, 0.1) is 0 Å². The predicted molar refractivity (Wildman–Crippen MR) is 98.8 cm³/mol. The lowest BCUT2D eigenvalue weighted by Gasteiger charge is -2.28. The molecular weight excluding hydrogens is 384 g/mol. The van der Waals surface area contributed by atoms with E-state index in [-0.39, 0.29) is 11.8 Å². The molecule has 1 aliphatic heterocycles. The number of halogens is 1. The van der Waals surface area contributed by atoms with E-state index in [9.17, 15) is 9.59 Å². The fraction of sp³-hybridized carbons (Fsp3) is 0.0526. The molecule has 0 bridgehead atoms. The van der Waals surface area contributed by atoms with E-state index in [0.29, 0.717) is 28.0 Å². The number of nitrogens with zero attached hydrogens (tertiary/aromatic N) is 1. The molecule has 5 nitrogen and oxygen atoms in total. The van der Waals surface area contributed by atoms with Crippen molar-refractivity contribution in [3.05, 3.63) is 70.2 Å². The minimum absolute atomic E-state index is 0.374. The number of benzene rings is 3. The van der Waals surface area contributed by atoms with E-state index in [4.69, 9.17) is 4.74 Å². The first-order valence-corrected chi connectivity index (χ1v) is 8.39. The zero-order chi connectivity index (χ0) is 17.6. The van der Waals surface area contributed by atoms with E-state index in [2.05, 4.69) is 21.4 Å². The fourth-order valence-corrected chi connectivity index (χ4v) is 3.44. The van der Waals surface area contributed by atoms with Gasteiger partial charge in [-0.1, -0.05) is 28.1 Å². The molecule has 3 aromatic rings. The summed E-state index contributed by atoms with van der Waals surface area (Å²) in [5, 5.41) is 2.59. The molecule has 0 radical (unpaired) electrons. The molecule has 0 aromatic heterocycles. The van der Waals surface area contributed by atoms with Gasteiger partial charge in [0.05, 0.1) is 23.9 Å². The molecule has 0 saturated heterocycles. The normalized spacial score (nSPS) is 13.3. The third-order valence-corrected chi connectivity index (χ3v) is 4.60. The van der Waals surface area contributed by atoms with Gasteiger partial charge in [-0.3, -0.25) is 15.0 Å². The lowest BCUT2D eigenvalue weighted by Crippen LogP contribution is -2.44. The number of ether oxygens (including phenoxy) is 1. The van der Waals surface area contributed by atoms with Crippen molar-refractivity contribution in [3.63, 3.8) is 0 Å². The van der Waals surface area contributed by atoms with Crippen LogP contribution in [0.1, 0.15) is 20.7 Å². The maximum atomic E-state index is 12.9. The second-order valence-electron chi connectivity index (χ2n) is 5.64. The number of hydrogen-bond acceptors (Lipinski definition) is 4. The number of amides is 2. The van der Waals surface area contributed by atoms with Crippen LogP contribution in [0.5, 0.6) is 5.75 Å². The van der Waals surface area contributed by atoms with Gasteiger partial charge in [-0.25, -0.2) is 0 Å². The highest BCUT2D eigenvalue weighted by Crippen LogP contribution is 2.33. The third kappa shape index (κ3) is 2.55. The lowest BCUT2D eigenvalue weighted by atomic mass is 9.95. The van der Waals surface area contributed by atoms with Crippen LogP contribution in [0.15, 0.2) is 59.1 Å². The van der Waals surface area contributed by atoms with Crippen molar-refractivity contribution in [1.82, 2.24) is 5.01 Å². The number of carbonyl (C=O) groups excluding carboxylic acids is 2. The Balaban J connectivity index is 1.78. The van der Waals surface area contributed by atoms with Gasteiger partial charge in [0.15, 0.2) is 0 Å². The Labute approximate surface area is 152 Å². The predicted octanol–water partition coefficient (Wildman–Crippen LogP) is 4.23. The standard InChI is InChI=1S/C19H13BrN2O3/c1-25-14-7-5-13(6-8-14)21-22-18(23)15-4-2-3-11-9-12(20)10-16(17(11)15)19(22)24/h2-10,21H,1H3. The van der Waals surface area contributed by atoms with Gasteiger partial charge in [-0.05, 0) is 47.9 Å². The lowest BCUT2D eigenvalue weighted by molar-refractivity contribution is 0.0649. The average Bonchev–Trinajstić information content (AvgIpc) is 2.63. The summed E-state index contributed by atoms with van der Waals surface area (Å²) >= 11 is 3.43. The molecule has 6 heteroatoms. The van der Waals surface area contributed by atoms with Crippen LogP contribution in [0.3, 0.4) is 0 Å². The Kier molecular flexibility index (Phi) is 3.69. The molecule has 4 rings (SSSR count). The van der Waals surface area contributed by atoms with Crippen LogP contribution in [-0.2, 0) is 0 Å². The van der Waals surface area contributed by atoms with Crippen molar-refractivity contribution in [2.24, 2.45) is 0 Å². The maximum absolute atomic E-state index is 12.9. The maximum Gasteiger partial charge on any atom is 0.280 e. The van der Waals surface area contributed by atoms with E-state index in [1.54, 1.807) is 43.5 Å². The van der Waals surface area contributed by atoms with Gasteiger partial charge in [0.2, 0.25) is 0 Å². The SMILES string of the molecule is COc1ccc(NN2C(=O)c3cccc4cc(Br)cc(c34)C2=O)cc1. The topological polar surface area (TPSA) is 58.6 Å². The zero-order valence-electron chi connectivity index (χ0n) is 13.2. The van der Waals surface area contributed by atoms with Gasteiger partial charge < -0.3 is 4.74 Å². The second-order valence-corrected chi connectivity index (χ2v) is 6.56. The highest BCUT2D eigenvalue weighted by atomic mass is 79.9. The van der Waals surface area contributed by atoms with Gasteiger partial charge in [0, 0.05) is 9.86 Å². The highest BCUT2D eigenvalue weighted by molar-refractivity contribution is 9.10. The van der Waals surface area contributed by atoms with E-state index < -0.39 is 0 Å². The number of carbonyl (C=O) groups is 2. The number of anilines is 1. The molecule has 0 atom stereocenters. The second kappa shape index (κ2) is 5.89. The van der Waals surface area contributed by atoms with E-state index >= 15 is 0 Å². The van der Waals surface area contributed by atoms with Crippen LogP contribution < -0.4 is 10.2 Å². The van der Waals surface area contributed by atoms with Crippen molar-refractivity contribution in [2.75, 3.05) is 12.5 Å². The average molecular weight is 397 g/mol.